The van der Waals surface area contributed by atoms with Gasteiger partial charge < -0.3 is 10.4 Å². The van der Waals surface area contributed by atoms with Crippen molar-refractivity contribution in [2.24, 2.45) is 11.8 Å². The van der Waals surface area contributed by atoms with Crippen LogP contribution in [0, 0.1) is 11.8 Å². The van der Waals surface area contributed by atoms with Crippen molar-refractivity contribution in [2.75, 3.05) is 0 Å². The van der Waals surface area contributed by atoms with Crippen LogP contribution in [0.1, 0.15) is 31.2 Å². The van der Waals surface area contributed by atoms with Gasteiger partial charge in [0.2, 0.25) is 5.91 Å². The Hall–Kier alpha value is -1.55. The fraction of sp³-hybridized carbons (Fsp3) is 0.467. The summed E-state index contributed by atoms with van der Waals surface area (Å²) < 4.78 is 0. The van der Waals surface area contributed by atoms with E-state index in [2.05, 4.69) is 5.32 Å². The second kappa shape index (κ2) is 6.75. The number of benzene rings is 1. The number of hydrogen-bond donors (Lipinski definition) is 2. The summed E-state index contributed by atoms with van der Waals surface area (Å²) in [5.41, 5.74) is 0.838. The summed E-state index contributed by atoms with van der Waals surface area (Å²) in [5, 5.41) is 12.6. The molecular formula is C15H18ClNO3. The number of aliphatic carboxylic acids is 1. The van der Waals surface area contributed by atoms with Gasteiger partial charge in [-0.05, 0) is 24.5 Å². The quantitative estimate of drug-likeness (QED) is 0.897. The molecule has 0 aliphatic heterocycles. The van der Waals surface area contributed by atoms with Crippen LogP contribution in [0.15, 0.2) is 24.3 Å². The zero-order valence-electron chi connectivity index (χ0n) is 11.1. The van der Waals surface area contributed by atoms with Gasteiger partial charge in [0.25, 0.3) is 0 Å². The molecule has 2 unspecified atom stereocenters. The summed E-state index contributed by atoms with van der Waals surface area (Å²) in [6.45, 7) is 0.335. The maximum atomic E-state index is 12.2. The van der Waals surface area contributed by atoms with E-state index in [-0.39, 0.29) is 5.91 Å². The van der Waals surface area contributed by atoms with Crippen molar-refractivity contribution in [3.8, 4) is 0 Å². The number of carbonyl (C=O) groups excluding carboxylic acids is 1. The fourth-order valence-electron chi connectivity index (χ4n) is 2.70. The Kier molecular flexibility index (Phi) is 5.01. The molecule has 5 heteroatoms. The molecule has 1 fully saturated rings. The molecule has 2 N–H and O–H groups in total. The lowest BCUT2D eigenvalue weighted by Crippen LogP contribution is -2.39. The monoisotopic (exact) mass is 295 g/mol. The summed E-state index contributed by atoms with van der Waals surface area (Å²) in [6.07, 6.45) is 3.02. The molecule has 108 valence electrons. The van der Waals surface area contributed by atoms with E-state index in [1.54, 1.807) is 6.07 Å². The molecular weight excluding hydrogens is 278 g/mol. The number of nitrogens with one attached hydrogen (secondary N) is 1. The van der Waals surface area contributed by atoms with Gasteiger partial charge in [-0.1, -0.05) is 42.6 Å². The zero-order valence-corrected chi connectivity index (χ0v) is 11.9. The van der Waals surface area contributed by atoms with E-state index < -0.39 is 17.8 Å². The highest BCUT2D eigenvalue weighted by Crippen LogP contribution is 2.30. The molecule has 20 heavy (non-hydrogen) atoms. The van der Waals surface area contributed by atoms with Crippen molar-refractivity contribution in [2.45, 2.75) is 32.2 Å². The van der Waals surface area contributed by atoms with Gasteiger partial charge in [0.05, 0.1) is 11.8 Å². The Morgan fingerprint density at radius 2 is 1.85 bits per heavy atom. The second-order valence-corrected chi connectivity index (χ2v) is 5.55. The molecule has 1 amide bonds. The van der Waals surface area contributed by atoms with E-state index in [0.29, 0.717) is 24.4 Å². The Bertz CT molecular complexity index is 504. The molecule has 1 aliphatic carbocycles. The van der Waals surface area contributed by atoms with Crippen LogP contribution in [0.4, 0.5) is 0 Å². The largest absolute Gasteiger partial charge is 0.481 e. The van der Waals surface area contributed by atoms with Crippen molar-refractivity contribution in [3.05, 3.63) is 34.9 Å². The average molecular weight is 296 g/mol. The first-order chi connectivity index (χ1) is 9.59. The Balaban J connectivity index is 1.97. The van der Waals surface area contributed by atoms with Gasteiger partial charge in [-0.15, -0.1) is 0 Å². The van der Waals surface area contributed by atoms with E-state index in [1.165, 1.54) is 0 Å². The van der Waals surface area contributed by atoms with E-state index in [0.717, 1.165) is 18.4 Å². The van der Waals surface area contributed by atoms with Crippen LogP contribution in [-0.4, -0.2) is 17.0 Å². The lowest BCUT2D eigenvalue weighted by atomic mass is 9.78. The first-order valence-corrected chi connectivity index (χ1v) is 7.21. The van der Waals surface area contributed by atoms with Gasteiger partial charge >= 0.3 is 5.97 Å². The fourth-order valence-corrected chi connectivity index (χ4v) is 2.90. The summed E-state index contributed by atoms with van der Waals surface area (Å²) in [5.74, 6) is -2.04. The summed E-state index contributed by atoms with van der Waals surface area (Å²) in [4.78, 5) is 23.4. The van der Waals surface area contributed by atoms with Gasteiger partial charge in [-0.2, -0.15) is 0 Å². The zero-order chi connectivity index (χ0) is 14.5. The molecule has 1 aromatic rings. The van der Waals surface area contributed by atoms with Crippen LogP contribution in [0.2, 0.25) is 5.02 Å². The van der Waals surface area contributed by atoms with Crippen molar-refractivity contribution >= 4 is 23.5 Å². The average Bonchev–Trinajstić information content (AvgIpc) is 2.46. The maximum absolute atomic E-state index is 12.2. The first kappa shape index (κ1) is 14.9. The Morgan fingerprint density at radius 3 is 2.50 bits per heavy atom. The molecule has 1 saturated carbocycles. The first-order valence-electron chi connectivity index (χ1n) is 6.83. The summed E-state index contributed by atoms with van der Waals surface area (Å²) in [6, 6.07) is 7.30. The van der Waals surface area contributed by atoms with E-state index in [1.807, 2.05) is 18.2 Å². The number of rotatable bonds is 4. The SMILES string of the molecule is O=C(O)C1CCCCC1C(=O)NCc1ccccc1Cl. The van der Waals surface area contributed by atoms with Crippen LogP contribution < -0.4 is 5.32 Å². The molecule has 4 nitrogen and oxygen atoms in total. The predicted octanol–water partition coefficient (Wildman–Crippen LogP) is 2.85. The lowest BCUT2D eigenvalue weighted by Gasteiger charge is -2.27. The molecule has 0 saturated heterocycles. The topological polar surface area (TPSA) is 66.4 Å². The van der Waals surface area contributed by atoms with Gasteiger partial charge in [0.1, 0.15) is 0 Å². The third-order valence-electron chi connectivity index (χ3n) is 3.83. The number of halogens is 1. The Morgan fingerprint density at radius 1 is 1.20 bits per heavy atom. The minimum Gasteiger partial charge on any atom is -0.481 e. The van der Waals surface area contributed by atoms with Crippen molar-refractivity contribution < 1.29 is 14.7 Å². The van der Waals surface area contributed by atoms with Gasteiger partial charge in [0, 0.05) is 11.6 Å². The number of hydrogen-bond acceptors (Lipinski definition) is 2. The smallest absolute Gasteiger partial charge is 0.307 e. The molecule has 0 aromatic heterocycles. The van der Waals surface area contributed by atoms with E-state index in [4.69, 9.17) is 11.6 Å². The van der Waals surface area contributed by atoms with Crippen LogP contribution in [0.3, 0.4) is 0 Å². The number of amides is 1. The molecule has 0 heterocycles. The Labute approximate surface area is 123 Å². The highest BCUT2D eigenvalue weighted by molar-refractivity contribution is 6.31. The highest BCUT2D eigenvalue weighted by Gasteiger charge is 2.35. The summed E-state index contributed by atoms with van der Waals surface area (Å²) in [7, 11) is 0. The number of carboxylic acid groups (broad SMARTS) is 1. The minimum absolute atomic E-state index is 0.183. The van der Waals surface area contributed by atoms with Crippen LogP contribution in [0.25, 0.3) is 0 Å². The van der Waals surface area contributed by atoms with Crippen molar-refractivity contribution in [1.29, 1.82) is 0 Å². The van der Waals surface area contributed by atoms with E-state index >= 15 is 0 Å². The predicted molar refractivity (Wildman–Crippen MR) is 76.4 cm³/mol. The third-order valence-corrected chi connectivity index (χ3v) is 4.20. The molecule has 0 bridgehead atoms. The molecule has 1 aliphatic rings. The van der Waals surface area contributed by atoms with Crippen molar-refractivity contribution in [3.63, 3.8) is 0 Å². The third kappa shape index (κ3) is 3.51. The highest BCUT2D eigenvalue weighted by atomic mass is 35.5. The van der Waals surface area contributed by atoms with Crippen LogP contribution >= 0.6 is 11.6 Å². The maximum Gasteiger partial charge on any atom is 0.307 e. The number of carbonyl (C=O) groups is 2. The molecule has 0 radical (unpaired) electrons. The van der Waals surface area contributed by atoms with Gasteiger partial charge in [-0.25, -0.2) is 0 Å². The van der Waals surface area contributed by atoms with E-state index in [9.17, 15) is 14.7 Å². The van der Waals surface area contributed by atoms with Gasteiger partial charge in [0.15, 0.2) is 0 Å². The molecule has 2 rings (SSSR count). The van der Waals surface area contributed by atoms with Crippen LogP contribution in [-0.2, 0) is 16.1 Å². The summed E-state index contributed by atoms with van der Waals surface area (Å²) >= 11 is 6.03. The van der Waals surface area contributed by atoms with Crippen molar-refractivity contribution in [1.82, 2.24) is 5.32 Å². The number of carboxylic acids is 1. The standard InChI is InChI=1S/C15H18ClNO3/c16-13-8-4-1-5-10(13)9-17-14(18)11-6-2-3-7-12(11)15(19)20/h1,4-5,8,11-12H,2-3,6-7,9H2,(H,17,18)(H,19,20). The van der Waals surface area contributed by atoms with Gasteiger partial charge in [-0.3, -0.25) is 9.59 Å². The molecule has 0 spiro atoms. The second-order valence-electron chi connectivity index (χ2n) is 5.14. The normalized spacial score (nSPS) is 22.2. The molecule has 1 aromatic carbocycles. The van der Waals surface area contributed by atoms with Crippen LogP contribution in [0.5, 0.6) is 0 Å². The molecule has 2 atom stereocenters. The lowest BCUT2D eigenvalue weighted by molar-refractivity contribution is -0.148. The minimum atomic E-state index is -0.873.